The standard InChI is InChI=1S/C22H16F5N5/c1-21(2,15-6-3-5-14(28-15)13-9-10-18(23)30-20(13)24)16-11-12-32(31-16)19-8-4-7-17(29-19)22(25,26)27/h3-12H,1-2H3. The molecule has 0 atom stereocenters. The molecule has 0 saturated carbocycles. The fourth-order valence-electron chi connectivity index (χ4n) is 3.16. The minimum Gasteiger partial charge on any atom is -0.252 e. The highest BCUT2D eigenvalue weighted by atomic mass is 19.4. The molecule has 4 heterocycles. The first-order valence-electron chi connectivity index (χ1n) is 9.46. The van der Waals surface area contributed by atoms with Crippen LogP contribution in [0.1, 0.15) is 30.9 Å². The molecule has 10 heteroatoms. The molecular formula is C22H16F5N5. The Labute approximate surface area is 179 Å². The van der Waals surface area contributed by atoms with Gasteiger partial charge in [-0.3, -0.25) is 4.98 Å². The minimum atomic E-state index is -4.57. The summed E-state index contributed by atoms with van der Waals surface area (Å²) in [5.41, 5.74) is -0.453. The fourth-order valence-corrected chi connectivity index (χ4v) is 3.16. The molecule has 0 aliphatic carbocycles. The first-order chi connectivity index (χ1) is 15.1. The maximum absolute atomic E-state index is 14.1. The second-order valence-electron chi connectivity index (χ2n) is 7.53. The van der Waals surface area contributed by atoms with Gasteiger partial charge in [-0.2, -0.15) is 32.0 Å². The van der Waals surface area contributed by atoms with Gasteiger partial charge in [0.15, 0.2) is 5.82 Å². The lowest BCUT2D eigenvalue weighted by Crippen LogP contribution is -2.22. The van der Waals surface area contributed by atoms with E-state index >= 15 is 0 Å². The molecule has 0 unspecified atom stereocenters. The summed E-state index contributed by atoms with van der Waals surface area (Å²) >= 11 is 0. The summed E-state index contributed by atoms with van der Waals surface area (Å²) < 4.78 is 67.4. The Bertz CT molecular complexity index is 1280. The van der Waals surface area contributed by atoms with E-state index in [0.717, 1.165) is 12.1 Å². The summed E-state index contributed by atoms with van der Waals surface area (Å²) in [5, 5.41) is 4.39. The molecule has 0 aromatic carbocycles. The average Bonchev–Trinajstić information content (AvgIpc) is 3.25. The zero-order valence-electron chi connectivity index (χ0n) is 16.9. The van der Waals surface area contributed by atoms with Gasteiger partial charge in [-0.05, 0) is 56.3 Å². The van der Waals surface area contributed by atoms with Crippen molar-refractivity contribution < 1.29 is 22.0 Å². The van der Waals surface area contributed by atoms with E-state index in [4.69, 9.17) is 0 Å². The molecule has 32 heavy (non-hydrogen) atoms. The summed E-state index contributed by atoms with van der Waals surface area (Å²) in [7, 11) is 0. The summed E-state index contributed by atoms with van der Waals surface area (Å²) in [6.45, 7) is 3.65. The average molecular weight is 445 g/mol. The van der Waals surface area contributed by atoms with Gasteiger partial charge in [0, 0.05) is 6.20 Å². The Morgan fingerprint density at radius 1 is 0.750 bits per heavy atom. The molecule has 0 aliphatic rings. The smallest absolute Gasteiger partial charge is 0.252 e. The first-order valence-corrected chi connectivity index (χ1v) is 9.46. The second kappa shape index (κ2) is 7.77. The maximum Gasteiger partial charge on any atom is 0.433 e. The molecule has 0 N–H and O–H groups in total. The molecule has 164 valence electrons. The van der Waals surface area contributed by atoms with E-state index in [1.54, 1.807) is 24.3 Å². The van der Waals surface area contributed by atoms with Crippen molar-refractivity contribution in [3.05, 3.63) is 89.8 Å². The minimum absolute atomic E-state index is 0.0167. The Hall–Kier alpha value is -3.69. The van der Waals surface area contributed by atoms with Crippen molar-refractivity contribution in [1.29, 1.82) is 0 Å². The van der Waals surface area contributed by atoms with Crippen molar-refractivity contribution in [2.24, 2.45) is 0 Å². The molecule has 5 nitrogen and oxygen atoms in total. The van der Waals surface area contributed by atoms with Crippen LogP contribution < -0.4 is 0 Å². The zero-order valence-corrected chi connectivity index (χ0v) is 16.9. The zero-order chi connectivity index (χ0) is 23.1. The third-order valence-corrected chi connectivity index (χ3v) is 4.97. The van der Waals surface area contributed by atoms with E-state index in [-0.39, 0.29) is 17.1 Å². The summed E-state index contributed by atoms with van der Waals surface area (Å²) in [4.78, 5) is 11.3. The van der Waals surface area contributed by atoms with Crippen molar-refractivity contribution >= 4 is 0 Å². The number of halogens is 5. The second-order valence-corrected chi connectivity index (χ2v) is 7.53. The van der Waals surface area contributed by atoms with E-state index in [9.17, 15) is 22.0 Å². The Balaban J connectivity index is 1.69. The van der Waals surface area contributed by atoms with E-state index in [2.05, 4.69) is 20.1 Å². The van der Waals surface area contributed by atoms with E-state index in [1.165, 1.54) is 29.1 Å². The molecule has 0 aliphatic heterocycles. The lowest BCUT2D eigenvalue weighted by molar-refractivity contribution is -0.141. The van der Waals surface area contributed by atoms with Gasteiger partial charge in [0.05, 0.1) is 28.1 Å². The number of hydrogen-bond donors (Lipinski definition) is 0. The largest absolute Gasteiger partial charge is 0.433 e. The predicted octanol–water partition coefficient (Wildman–Crippen LogP) is 5.35. The van der Waals surface area contributed by atoms with Gasteiger partial charge in [0.1, 0.15) is 5.69 Å². The molecule has 4 aromatic rings. The fraction of sp³-hybridized carbons (Fsp3) is 0.182. The van der Waals surface area contributed by atoms with Gasteiger partial charge in [-0.15, -0.1) is 0 Å². The van der Waals surface area contributed by atoms with Gasteiger partial charge in [-0.25, -0.2) is 9.67 Å². The highest BCUT2D eigenvalue weighted by Gasteiger charge is 2.33. The number of rotatable bonds is 4. The number of pyridine rings is 3. The van der Waals surface area contributed by atoms with Gasteiger partial charge in [0.2, 0.25) is 11.9 Å². The van der Waals surface area contributed by atoms with Crippen LogP contribution in [0.3, 0.4) is 0 Å². The van der Waals surface area contributed by atoms with E-state index in [1.807, 2.05) is 13.8 Å². The van der Waals surface area contributed by atoms with Gasteiger partial charge < -0.3 is 0 Å². The molecule has 0 fully saturated rings. The van der Waals surface area contributed by atoms with E-state index in [0.29, 0.717) is 11.4 Å². The number of aromatic nitrogens is 5. The van der Waals surface area contributed by atoms with Gasteiger partial charge >= 0.3 is 6.18 Å². The van der Waals surface area contributed by atoms with Crippen LogP contribution in [0.15, 0.2) is 60.8 Å². The molecule has 0 amide bonds. The molecule has 0 saturated heterocycles. The molecule has 0 bridgehead atoms. The van der Waals surface area contributed by atoms with Crippen LogP contribution in [-0.2, 0) is 11.6 Å². The third kappa shape index (κ3) is 4.08. The third-order valence-electron chi connectivity index (χ3n) is 4.97. The number of hydrogen-bond acceptors (Lipinski definition) is 4. The first kappa shape index (κ1) is 21.5. The van der Waals surface area contributed by atoms with Crippen molar-refractivity contribution in [1.82, 2.24) is 24.7 Å². The van der Waals surface area contributed by atoms with Crippen molar-refractivity contribution in [3.8, 4) is 17.1 Å². The quantitative estimate of drug-likeness (QED) is 0.314. The van der Waals surface area contributed by atoms with Crippen LogP contribution in [0, 0.1) is 11.9 Å². The Morgan fingerprint density at radius 3 is 2.19 bits per heavy atom. The highest BCUT2D eigenvalue weighted by Crippen LogP contribution is 2.32. The number of nitrogens with zero attached hydrogens (tertiary/aromatic N) is 5. The van der Waals surface area contributed by atoms with Crippen LogP contribution in [0.4, 0.5) is 22.0 Å². The molecule has 4 rings (SSSR count). The molecular weight excluding hydrogens is 429 g/mol. The van der Waals surface area contributed by atoms with Crippen LogP contribution in [0.25, 0.3) is 17.1 Å². The predicted molar refractivity (Wildman–Crippen MR) is 106 cm³/mol. The molecule has 4 aromatic heterocycles. The van der Waals surface area contributed by atoms with Crippen LogP contribution >= 0.6 is 0 Å². The van der Waals surface area contributed by atoms with Crippen LogP contribution in [-0.4, -0.2) is 24.7 Å². The lowest BCUT2D eigenvalue weighted by atomic mass is 9.85. The van der Waals surface area contributed by atoms with Gasteiger partial charge in [0.25, 0.3) is 0 Å². The monoisotopic (exact) mass is 445 g/mol. The summed E-state index contributed by atoms with van der Waals surface area (Å²) in [6.07, 6.45) is -3.06. The van der Waals surface area contributed by atoms with Crippen molar-refractivity contribution in [2.75, 3.05) is 0 Å². The normalized spacial score (nSPS) is 12.2. The van der Waals surface area contributed by atoms with Crippen LogP contribution in [0.5, 0.6) is 0 Å². The van der Waals surface area contributed by atoms with E-state index < -0.39 is 29.2 Å². The Kier molecular flexibility index (Phi) is 5.23. The maximum atomic E-state index is 14.1. The molecule has 0 spiro atoms. The number of alkyl halides is 3. The van der Waals surface area contributed by atoms with Crippen molar-refractivity contribution in [2.45, 2.75) is 25.4 Å². The summed E-state index contributed by atoms with van der Waals surface area (Å²) in [6, 6.07) is 12.5. The van der Waals surface area contributed by atoms with Gasteiger partial charge in [-0.1, -0.05) is 12.1 Å². The summed E-state index contributed by atoms with van der Waals surface area (Å²) in [5.74, 6) is -1.90. The van der Waals surface area contributed by atoms with Crippen molar-refractivity contribution in [3.63, 3.8) is 0 Å². The molecule has 0 radical (unpaired) electrons. The van der Waals surface area contributed by atoms with Crippen LogP contribution in [0.2, 0.25) is 0 Å². The lowest BCUT2D eigenvalue weighted by Gasteiger charge is -2.22. The SMILES string of the molecule is CC(C)(c1cccc(-c2ccc(F)nc2F)n1)c1ccn(-c2cccc(C(F)(F)F)n2)n1. The highest BCUT2D eigenvalue weighted by molar-refractivity contribution is 5.59. The Morgan fingerprint density at radius 2 is 1.47 bits per heavy atom. The topological polar surface area (TPSA) is 56.5 Å².